The van der Waals surface area contributed by atoms with Crippen LogP contribution in [0.1, 0.15) is 35.3 Å². The lowest BCUT2D eigenvalue weighted by molar-refractivity contribution is -0.123. The first-order valence-electron chi connectivity index (χ1n) is 8.23. The molecule has 0 saturated heterocycles. The highest BCUT2D eigenvalue weighted by Gasteiger charge is 2.19. The zero-order valence-corrected chi connectivity index (χ0v) is 15.0. The number of esters is 1. The lowest BCUT2D eigenvalue weighted by Gasteiger charge is -2.15. The summed E-state index contributed by atoms with van der Waals surface area (Å²) in [6.07, 6.45) is -0.904. The SMILES string of the molecule is CCOc1ccc(C(=O)O[C@@H](C)C(=O)Nc2cccc(C)c2C)cc1. The minimum absolute atomic E-state index is 0.368. The topological polar surface area (TPSA) is 64.6 Å². The summed E-state index contributed by atoms with van der Waals surface area (Å²) in [6, 6.07) is 12.3. The molecule has 0 aliphatic rings. The summed E-state index contributed by atoms with van der Waals surface area (Å²) in [4.78, 5) is 24.4. The van der Waals surface area contributed by atoms with Crippen molar-refractivity contribution < 1.29 is 19.1 Å². The molecule has 0 heterocycles. The van der Waals surface area contributed by atoms with Gasteiger partial charge in [-0.15, -0.1) is 0 Å². The van der Waals surface area contributed by atoms with E-state index in [1.54, 1.807) is 31.2 Å². The summed E-state index contributed by atoms with van der Waals surface area (Å²) in [5, 5.41) is 2.80. The van der Waals surface area contributed by atoms with Crippen LogP contribution in [0.25, 0.3) is 0 Å². The molecule has 5 heteroatoms. The van der Waals surface area contributed by atoms with Gasteiger partial charge in [-0.3, -0.25) is 4.79 Å². The molecule has 5 nitrogen and oxygen atoms in total. The molecular formula is C20H23NO4. The van der Waals surface area contributed by atoms with E-state index in [2.05, 4.69) is 5.32 Å². The van der Waals surface area contributed by atoms with Crippen molar-refractivity contribution in [3.63, 3.8) is 0 Å². The number of amides is 1. The standard InChI is InChI=1S/C20H23NO4/c1-5-24-17-11-9-16(10-12-17)20(23)25-15(4)19(22)21-18-8-6-7-13(2)14(18)3/h6-12,15H,5H2,1-4H3,(H,21,22)/t15-/m0/s1. The van der Waals surface area contributed by atoms with Crippen molar-refractivity contribution in [1.29, 1.82) is 0 Å². The maximum absolute atomic E-state index is 12.3. The molecule has 0 spiro atoms. The number of nitrogens with one attached hydrogen (secondary N) is 1. The van der Waals surface area contributed by atoms with Crippen molar-refractivity contribution in [2.45, 2.75) is 33.8 Å². The highest BCUT2D eigenvalue weighted by molar-refractivity contribution is 5.97. The van der Waals surface area contributed by atoms with Gasteiger partial charge in [-0.2, -0.15) is 0 Å². The first kappa shape index (κ1) is 18.5. The normalized spacial score (nSPS) is 11.5. The number of hydrogen-bond acceptors (Lipinski definition) is 4. The van der Waals surface area contributed by atoms with Crippen LogP contribution in [0.2, 0.25) is 0 Å². The first-order chi connectivity index (χ1) is 11.9. The monoisotopic (exact) mass is 341 g/mol. The molecule has 25 heavy (non-hydrogen) atoms. The Kier molecular flexibility index (Phi) is 6.17. The van der Waals surface area contributed by atoms with Crippen LogP contribution in [0.15, 0.2) is 42.5 Å². The molecule has 2 aromatic rings. The Hall–Kier alpha value is -2.82. The lowest BCUT2D eigenvalue weighted by Crippen LogP contribution is -2.30. The number of carbonyl (C=O) groups excluding carboxylic acids is 2. The Bertz CT molecular complexity index is 753. The third-order valence-corrected chi connectivity index (χ3v) is 3.92. The van der Waals surface area contributed by atoms with E-state index in [-0.39, 0.29) is 5.91 Å². The quantitative estimate of drug-likeness (QED) is 0.810. The average Bonchev–Trinajstić information content (AvgIpc) is 2.59. The Morgan fingerprint density at radius 2 is 1.76 bits per heavy atom. The fraction of sp³-hybridized carbons (Fsp3) is 0.300. The predicted octanol–water partition coefficient (Wildman–Crippen LogP) is 3.89. The summed E-state index contributed by atoms with van der Waals surface area (Å²) in [5.74, 6) is -0.237. The molecule has 1 N–H and O–H groups in total. The summed E-state index contributed by atoms with van der Waals surface area (Å²) in [6.45, 7) is 7.90. The van der Waals surface area contributed by atoms with E-state index in [0.29, 0.717) is 23.6 Å². The van der Waals surface area contributed by atoms with Gasteiger partial charge >= 0.3 is 5.97 Å². The predicted molar refractivity (Wildman–Crippen MR) is 97.0 cm³/mol. The van der Waals surface area contributed by atoms with Crippen LogP contribution >= 0.6 is 0 Å². The largest absolute Gasteiger partial charge is 0.494 e. The Morgan fingerprint density at radius 1 is 1.08 bits per heavy atom. The van der Waals surface area contributed by atoms with Crippen molar-refractivity contribution >= 4 is 17.6 Å². The van der Waals surface area contributed by atoms with Gasteiger partial charge < -0.3 is 14.8 Å². The second-order valence-corrected chi connectivity index (χ2v) is 5.74. The molecule has 2 aromatic carbocycles. The molecule has 0 bridgehead atoms. The van der Waals surface area contributed by atoms with Crippen molar-refractivity contribution in [2.75, 3.05) is 11.9 Å². The maximum Gasteiger partial charge on any atom is 0.338 e. The van der Waals surface area contributed by atoms with Gasteiger partial charge in [-0.05, 0) is 69.2 Å². The smallest absolute Gasteiger partial charge is 0.338 e. The second kappa shape index (κ2) is 8.33. The summed E-state index contributed by atoms with van der Waals surface area (Å²) in [7, 11) is 0. The van der Waals surface area contributed by atoms with Gasteiger partial charge in [0, 0.05) is 5.69 Å². The average molecular weight is 341 g/mol. The van der Waals surface area contributed by atoms with Crippen LogP contribution in [0.5, 0.6) is 5.75 Å². The van der Waals surface area contributed by atoms with Gasteiger partial charge in [-0.1, -0.05) is 12.1 Å². The van der Waals surface area contributed by atoms with Crippen LogP contribution in [0.3, 0.4) is 0 Å². The Labute approximate surface area is 148 Å². The lowest BCUT2D eigenvalue weighted by atomic mass is 10.1. The molecule has 0 unspecified atom stereocenters. The van der Waals surface area contributed by atoms with Gasteiger partial charge in [-0.25, -0.2) is 4.79 Å². The second-order valence-electron chi connectivity index (χ2n) is 5.74. The maximum atomic E-state index is 12.3. The number of anilines is 1. The molecule has 0 aliphatic heterocycles. The molecule has 1 atom stereocenters. The first-order valence-corrected chi connectivity index (χ1v) is 8.23. The van der Waals surface area contributed by atoms with Crippen LogP contribution in [-0.4, -0.2) is 24.6 Å². The van der Waals surface area contributed by atoms with Crippen molar-refractivity contribution in [3.05, 3.63) is 59.2 Å². The van der Waals surface area contributed by atoms with Gasteiger partial charge in [0.15, 0.2) is 6.10 Å². The minimum atomic E-state index is -0.904. The summed E-state index contributed by atoms with van der Waals surface area (Å²) >= 11 is 0. The molecule has 0 radical (unpaired) electrons. The van der Waals surface area contributed by atoms with E-state index in [1.165, 1.54) is 0 Å². The highest BCUT2D eigenvalue weighted by Crippen LogP contribution is 2.19. The van der Waals surface area contributed by atoms with E-state index >= 15 is 0 Å². The van der Waals surface area contributed by atoms with Crippen molar-refractivity contribution in [1.82, 2.24) is 0 Å². The van der Waals surface area contributed by atoms with Crippen LogP contribution in [0.4, 0.5) is 5.69 Å². The molecule has 0 aliphatic carbocycles. The van der Waals surface area contributed by atoms with Crippen LogP contribution < -0.4 is 10.1 Å². The van der Waals surface area contributed by atoms with E-state index in [9.17, 15) is 9.59 Å². The molecule has 2 rings (SSSR count). The molecular weight excluding hydrogens is 318 g/mol. The third kappa shape index (κ3) is 4.83. The molecule has 0 fully saturated rings. The number of benzene rings is 2. The van der Waals surface area contributed by atoms with E-state index in [1.807, 2.05) is 39.0 Å². The summed E-state index contributed by atoms with van der Waals surface area (Å²) in [5.41, 5.74) is 3.15. The molecule has 0 aromatic heterocycles. The van der Waals surface area contributed by atoms with E-state index in [4.69, 9.17) is 9.47 Å². The van der Waals surface area contributed by atoms with Gasteiger partial charge in [0.05, 0.1) is 12.2 Å². The number of carbonyl (C=O) groups is 2. The third-order valence-electron chi connectivity index (χ3n) is 3.92. The summed E-state index contributed by atoms with van der Waals surface area (Å²) < 4.78 is 10.6. The van der Waals surface area contributed by atoms with E-state index < -0.39 is 12.1 Å². The Balaban J connectivity index is 1.98. The number of ether oxygens (including phenoxy) is 2. The molecule has 1 amide bonds. The van der Waals surface area contributed by atoms with Gasteiger partial charge in [0.2, 0.25) is 0 Å². The van der Waals surface area contributed by atoms with E-state index in [0.717, 1.165) is 11.1 Å². The highest BCUT2D eigenvalue weighted by atomic mass is 16.5. The zero-order chi connectivity index (χ0) is 18.4. The minimum Gasteiger partial charge on any atom is -0.494 e. The van der Waals surface area contributed by atoms with Crippen molar-refractivity contribution in [2.24, 2.45) is 0 Å². The molecule has 132 valence electrons. The number of hydrogen-bond donors (Lipinski definition) is 1. The number of aryl methyl sites for hydroxylation is 1. The number of rotatable bonds is 6. The van der Waals surface area contributed by atoms with Gasteiger partial charge in [0.25, 0.3) is 5.91 Å². The van der Waals surface area contributed by atoms with Crippen molar-refractivity contribution in [3.8, 4) is 5.75 Å². The fourth-order valence-corrected chi connectivity index (χ4v) is 2.26. The van der Waals surface area contributed by atoms with Crippen LogP contribution in [0, 0.1) is 13.8 Å². The zero-order valence-electron chi connectivity index (χ0n) is 15.0. The van der Waals surface area contributed by atoms with Gasteiger partial charge in [0.1, 0.15) is 5.75 Å². The van der Waals surface area contributed by atoms with Crippen LogP contribution in [-0.2, 0) is 9.53 Å². The Morgan fingerprint density at radius 3 is 2.40 bits per heavy atom. The fourth-order valence-electron chi connectivity index (χ4n) is 2.26. The molecule has 0 saturated carbocycles.